The zero-order valence-corrected chi connectivity index (χ0v) is 6.74. The maximum Gasteiger partial charge on any atom is 0.337 e. The fourth-order valence-corrected chi connectivity index (χ4v) is 0.925. The lowest BCUT2D eigenvalue weighted by Gasteiger charge is -2.02. The highest BCUT2D eigenvalue weighted by molar-refractivity contribution is 5.99. The van der Waals surface area contributed by atoms with Crippen LogP contribution >= 0.6 is 0 Å². The highest BCUT2D eigenvalue weighted by Crippen LogP contribution is 2.13. The number of nitrogens with one attached hydrogen (secondary N) is 1. The second kappa shape index (κ2) is 3.14. The summed E-state index contributed by atoms with van der Waals surface area (Å²) in [6, 6.07) is 4.14. The average molecular weight is 179 g/mol. The van der Waals surface area contributed by atoms with Crippen LogP contribution in [-0.2, 0) is 0 Å². The molecule has 0 aromatic heterocycles. The van der Waals surface area contributed by atoms with Crippen LogP contribution in [0.3, 0.4) is 0 Å². The monoisotopic (exact) mass is 179 g/mol. The number of amidine groups is 1. The molecular formula is C8H9N3O2. The minimum absolute atomic E-state index is 0.0185. The van der Waals surface area contributed by atoms with Crippen molar-refractivity contribution in [2.24, 2.45) is 5.73 Å². The summed E-state index contributed by atoms with van der Waals surface area (Å²) in [6.45, 7) is 0. The summed E-state index contributed by atoms with van der Waals surface area (Å²) in [6.07, 6.45) is 0. The number of carbonyl (C=O) groups is 1. The Kier molecular flexibility index (Phi) is 2.19. The Morgan fingerprint density at radius 3 is 2.46 bits per heavy atom. The lowest BCUT2D eigenvalue weighted by atomic mass is 10.1. The molecule has 0 heterocycles. The normalized spacial score (nSPS) is 9.54. The van der Waals surface area contributed by atoms with E-state index in [1.165, 1.54) is 18.2 Å². The van der Waals surface area contributed by atoms with Crippen molar-refractivity contribution in [1.29, 1.82) is 5.41 Å². The number of carboxylic acids is 1. The smallest absolute Gasteiger partial charge is 0.337 e. The Morgan fingerprint density at radius 2 is 2.08 bits per heavy atom. The molecule has 1 aromatic rings. The van der Waals surface area contributed by atoms with E-state index in [-0.39, 0.29) is 17.1 Å². The predicted octanol–water partition coefficient (Wildman–Crippen LogP) is 0.251. The van der Waals surface area contributed by atoms with Gasteiger partial charge in [0.2, 0.25) is 0 Å². The van der Waals surface area contributed by atoms with E-state index >= 15 is 0 Å². The Labute approximate surface area is 74.5 Å². The van der Waals surface area contributed by atoms with Crippen molar-refractivity contribution in [3.8, 4) is 0 Å². The summed E-state index contributed by atoms with van der Waals surface area (Å²) in [5, 5.41) is 15.7. The third-order valence-corrected chi connectivity index (χ3v) is 1.59. The van der Waals surface area contributed by atoms with E-state index in [0.717, 1.165) is 0 Å². The molecule has 0 aliphatic rings. The van der Waals surface area contributed by atoms with Crippen LogP contribution < -0.4 is 11.5 Å². The lowest BCUT2D eigenvalue weighted by molar-refractivity contribution is 0.0698. The SMILES string of the molecule is N=C(N)c1ccc(C(=O)O)c(N)c1. The molecule has 0 aliphatic carbocycles. The number of aromatic carboxylic acids is 1. The first-order chi connectivity index (χ1) is 6.02. The van der Waals surface area contributed by atoms with Gasteiger partial charge in [-0.25, -0.2) is 4.79 Å². The summed E-state index contributed by atoms with van der Waals surface area (Å²) in [5.74, 6) is -1.23. The van der Waals surface area contributed by atoms with Gasteiger partial charge in [0.1, 0.15) is 5.84 Å². The lowest BCUT2D eigenvalue weighted by Crippen LogP contribution is -2.12. The summed E-state index contributed by atoms with van der Waals surface area (Å²) >= 11 is 0. The number of rotatable bonds is 2. The molecule has 0 atom stereocenters. The summed E-state index contributed by atoms with van der Waals surface area (Å²) in [4.78, 5) is 10.5. The third kappa shape index (κ3) is 1.76. The van der Waals surface area contributed by atoms with E-state index in [0.29, 0.717) is 5.56 Å². The molecule has 0 saturated carbocycles. The first kappa shape index (κ1) is 9.05. The number of carboxylic acid groups (broad SMARTS) is 1. The molecule has 13 heavy (non-hydrogen) atoms. The van der Waals surface area contributed by atoms with E-state index in [4.69, 9.17) is 22.0 Å². The number of hydrogen-bond acceptors (Lipinski definition) is 3. The number of nitrogen functional groups attached to an aromatic ring is 2. The molecule has 5 heteroatoms. The highest BCUT2D eigenvalue weighted by Gasteiger charge is 2.08. The predicted molar refractivity (Wildman–Crippen MR) is 48.8 cm³/mol. The van der Waals surface area contributed by atoms with Crippen LogP contribution in [0.15, 0.2) is 18.2 Å². The van der Waals surface area contributed by atoms with Crippen LogP contribution in [0.4, 0.5) is 5.69 Å². The quantitative estimate of drug-likeness (QED) is 0.296. The van der Waals surface area contributed by atoms with Crippen LogP contribution in [0.1, 0.15) is 15.9 Å². The zero-order valence-electron chi connectivity index (χ0n) is 6.74. The van der Waals surface area contributed by atoms with Crippen LogP contribution in [0.25, 0.3) is 0 Å². The minimum Gasteiger partial charge on any atom is -0.478 e. The van der Waals surface area contributed by atoms with Crippen molar-refractivity contribution >= 4 is 17.5 Å². The highest BCUT2D eigenvalue weighted by atomic mass is 16.4. The van der Waals surface area contributed by atoms with Crippen LogP contribution in [0.5, 0.6) is 0 Å². The van der Waals surface area contributed by atoms with E-state index in [9.17, 15) is 4.79 Å². The standard InChI is InChI=1S/C8H9N3O2/c9-6-3-4(7(10)11)1-2-5(6)8(12)13/h1-3H,9H2,(H3,10,11)(H,12,13). The van der Waals surface area contributed by atoms with Crippen LogP contribution in [0.2, 0.25) is 0 Å². The third-order valence-electron chi connectivity index (χ3n) is 1.59. The van der Waals surface area contributed by atoms with E-state index < -0.39 is 5.97 Å². The molecule has 5 nitrogen and oxygen atoms in total. The average Bonchev–Trinajstić information content (AvgIpc) is 2.03. The summed E-state index contributed by atoms with van der Waals surface area (Å²) in [5.41, 5.74) is 11.2. The van der Waals surface area contributed by atoms with Crippen LogP contribution in [0, 0.1) is 5.41 Å². The van der Waals surface area contributed by atoms with Gasteiger partial charge in [-0.1, -0.05) is 6.07 Å². The fourth-order valence-electron chi connectivity index (χ4n) is 0.925. The van der Waals surface area contributed by atoms with Crippen molar-refractivity contribution in [2.75, 3.05) is 5.73 Å². The van der Waals surface area contributed by atoms with Gasteiger partial charge in [0.25, 0.3) is 0 Å². The number of benzene rings is 1. The Bertz CT molecular complexity index is 374. The number of hydrogen-bond donors (Lipinski definition) is 4. The molecule has 0 bridgehead atoms. The zero-order chi connectivity index (χ0) is 10.0. The van der Waals surface area contributed by atoms with Gasteiger partial charge in [-0.05, 0) is 12.1 Å². The van der Waals surface area contributed by atoms with Gasteiger partial charge in [0.15, 0.2) is 0 Å². The van der Waals surface area contributed by atoms with Crippen molar-refractivity contribution in [2.45, 2.75) is 0 Å². The molecule has 0 unspecified atom stereocenters. The number of nitrogens with two attached hydrogens (primary N) is 2. The second-order valence-electron chi connectivity index (χ2n) is 2.52. The van der Waals surface area contributed by atoms with E-state index in [2.05, 4.69) is 0 Å². The van der Waals surface area contributed by atoms with Crippen molar-refractivity contribution in [1.82, 2.24) is 0 Å². The molecule has 0 aliphatic heterocycles. The molecule has 1 aromatic carbocycles. The molecule has 0 saturated heterocycles. The van der Waals surface area contributed by atoms with Crippen molar-refractivity contribution < 1.29 is 9.90 Å². The number of anilines is 1. The molecule has 0 fully saturated rings. The minimum atomic E-state index is -1.09. The topological polar surface area (TPSA) is 113 Å². The molecule has 0 amide bonds. The molecule has 6 N–H and O–H groups in total. The van der Waals surface area contributed by atoms with Gasteiger partial charge >= 0.3 is 5.97 Å². The Morgan fingerprint density at radius 1 is 1.46 bits per heavy atom. The van der Waals surface area contributed by atoms with Crippen molar-refractivity contribution in [3.05, 3.63) is 29.3 Å². The summed E-state index contributed by atoms with van der Waals surface area (Å²) < 4.78 is 0. The molecule has 68 valence electrons. The van der Waals surface area contributed by atoms with Crippen molar-refractivity contribution in [3.63, 3.8) is 0 Å². The van der Waals surface area contributed by atoms with Gasteiger partial charge in [-0.3, -0.25) is 5.41 Å². The van der Waals surface area contributed by atoms with Gasteiger partial charge in [-0.2, -0.15) is 0 Å². The second-order valence-corrected chi connectivity index (χ2v) is 2.52. The Hall–Kier alpha value is -2.04. The maximum atomic E-state index is 10.5. The van der Waals surface area contributed by atoms with Gasteiger partial charge in [-0.15, -0.1) is 0 Å². The van der Waals surface area contributed by atoms with Gasteiger partial charge in [0.05, 0.1) is 5.56 Å². The van der Waals surface area contributed by atoms with E-state index in [1.54, 1.807) is 0 Å². The first-order valence-corrected chi connectivity index (χ1v) is 3.49. The van der Waals surface area contributed by atoms with Crippen LogP contribution in [-0.4, -0.2) is 16.9 Å². The Balaban J connectivity index is 3.20. The van der Waals surface area contributed by atoms with Gasteiger partial charge in [0, 0.05) is 11.3 Å². The fraction of sp³-hybridized carbons (Fsp3) is 0. The molecule has 0 radical (unpaired) electrons. The summed E-state index contributed by atoms with van der Waals surface area (Å²) in [7, 11) is 0. The molecule has 1 rings (SSSR count). The molecular weight excluding hydrogens is 170 g/mol. The first-order valence-electron chi connectivity index (χ1n) is 3.49. The van der Waals surface area contributed by atoms with E-state index in [1.807, 2.05) is 0 Å². The van der Waals surface area contributed by atoms with Gasteiger partial charge < -0.3 is 16.6 Å². The largest absolute Gasteiger partial charge is 0.478 e. The maximum absolute atomic E-state index is 10.5. The molecule has 0 spiro atoms.